The molecule has 0 nitrogen and oxygen atoms in total. The van der Waals surface area contributed by atoms with Gasteiger partial charge in [-0.05, 0) is 11.8 Å². The molecule has 0 atom stereocenters. The van der Waals surface area contributed by atoms with Gasteiger partial charge in [-0.2, -0.15) is 0 Å². The fraction of sp³-hybridized carbons (Fsp3) is 1.00. The van der Waals surface area contributed by atoms with Crippen LogP contribution in [0.3, 0.4) is 0 Å². The third kappa shape index (κ3) is 11.7. The van der Waals surface area contributed by atoms with Crippen LogP contribution in [0, 0.1) is 11.8 Å². The highest BCUT2D eigenvalue weighted by Crippen LogP contribution is 2.28. The molecule has 3 saturated carbocycles. The van der Waals surface area contributed by atoms with Crippen molar-refractivity contribution in [3.05, 3.63) is 0 Å². The number of hydrogen-bond acceptors (Lipinski definition) is 0. The summed E-state index contributed by atoms with van der Waals surface area (Å²) in [4.78, 5) is 0. The van der Waals surface area contributed by atoms with E-state index in [0.717, 1.165) is 11.8 Å². The SMILES string of the molecule is C1CCCCC2CCCCCCCCC(CCC1)CCCCCCCC2. The highest BCUT2D eigenvalue weighted by Gasteiger charge is 2.11. The molecule has 3 rings (SSSR count). The van der Waals surface area contributed by atoms with Gasteiger partial charge in [0.15, 0.2) is 0 Å². The molecule has 0 aliphatic heterocycles. The molecule has 0 spiro atoms. The standard InChI is InChI=1S/C26H50/c1-2-8-14-20-26-23-17-11-5-3-9-15-21-25(19-13-7-1)22-16-10-4-6-12-18-24-26/h25-26H,1-24H2. The van der Waals surface area contributed by atoms with Gasteiger partial charge in [-0.25, -0.2) is 0 Å². The van der Waals surface area contributed by atoms with Crippen molar-refractivity contribution in [1.82, 2.24) is 0 Å². The maximum atomic E-state index is 1.54. The summed E-state index contributed by atoms with van der Waals surface area (Å²) in [5, 5.41) is 0. The molecule has 2 bridgehead atoms. The average molecular weight is 363 g/mol. The molecular weight excluding hydrogens is 312 g/mol. The van der Waals surface area contributed by atoms with Crippen LogP contribution in [0.5, 0.6) is 0 Å². The van der Waals surface area contributed by atoms with Crippen LogP contribution >= 0.6 is 0 Å². The molecule has 0 unspecified atom stereocenters. The van der Waals surface area contributed by atoms with E-state index in [1.54, 1.807) is 38.5 Å². The van der Waals surface area contributed by atoms with E-state index in [-0.39, 0.29) is 0 Å². The minimum absolute atomic E-state index is 1.06. The van der Waals surface area contributed by atoms with E-state index < -0.39 is 0 Å². The Bertz CT molecular complexity index is 217. The first-order chi connectivity index (χ1) is 12.9. The normalized spacial score (nSPS) is 30.5. The molecule has 0 aromatic rings. The molecule has 0 saturated heterocycles. The Morgan fingerprint density at radius 1 is 0.192 bits per heavy atom. The summed E-state index contributed by atoms with van der Waals surface area (Å²) in [6, 6.07) is 0. The highest BCUT2D eigenvalue weighted by molar-refractivity contribution is 4.65. The molecule has 0 radical (unpaired) electrons. The Morgan fingerprint density at radius 2 is 0.346 bits per heavy atom. The molecule has 0 N–H and O–H groups in total. The maximum absolute atomic E-state index is 1.54. The van der Waals surface area contributed by atoms with Crippen LogP contribution < -0.4 is 0 Å². The zero-order valence-electron chi connectivity index (χ0n) is 18.1. The van der Waals surface area contributed by atoms with E-state index in [1.807, 2.05) is 0 Å². The second-order valence-corrected chi connectivity index (χ2v) is 9.83. The molecular formula is C26H50. The van der Waals surface area contributed by atoms with Gasteiger partial charge < -0.3 is 0 Å². The van der Waals surface area contributed by atoms with Crippen LogP contribution in [0.25, 0.3) is 0 Å². The number of hydrogen-bond donors (Lipinski definition) is 0. The van der Waals surface area contributed by atoms with Gasteiger partial charge in [-0.1, -0.05) is 154 Å². The predicted octanol–water partition coefficient (Wildman–Crippen LogP) is 9.61. The molecule has 154 valence electrons. The lowest BCUT2D eigenvalue weighted by Gasteiger charge is -2.19. The van der Waals surface area contributed by atoms with Crippen LogP contribution in [0.2, 0.25) is 0 Å². The van der Waals surface area contributed by atoms with Crippen molar-refractivity contribution in [3.63, 3.8) is 0 Å². The van der Waals surface area contributed by atoms with Gasteiger partial charge in [0, 0.05) is 0 Å². The predicted molar refractivity (Wildman–Crippen MR) is 118 cm³/mol. The topological polar surface area (TPSA) is 0 Å². The average Bonchev–Trinajstić information content (AvgIpc) is 2.65. The van der Waals surface area contributed by atoms with E-state index >= 15 is 0 Å². The minimum Gasteiger partial charge on any atom is -0.0533 e. The number of fused-ring (bicyclic) bond motifs is 21. The van der Waals surface area contributed by atoms with Crippen molar-refractivity contribution >= 4 is 0 Å². The van der Waals surface area contributed by atoms with Crippen molar-refractivity contribution in [2.75, 3.05) is 0 Å². The van der Waals surface area contributed by atoms with Gasteiger partial charge in [0.25, 0.3) is 0 Å². The van der Waals surface area contributed by atoms with E-state index in [4.69, 9.17) is 0 Å². The molecule has 3 aliphatic carbocycles. The Hall–Kier alpha value is 0. The van der Waals surface area contributed by atoms with Crippen LogP contribution in [0.1, 0.15) is 154 Å². The largest absolute Gasteiger partial charge is 0.0533 e. The maximum Gasteiger partial charge on any atom is -0.0414 e. The lowest BCUT2D eigenvalue weighted by atomic mass is 9.87. The first-order valence-electron chi connectivity index (χ1n) is 12.9. The van der Waals surface area contributed by atoms with Gasteiger partial charge in [0.05, 0.1) is 0 Å². The van der Waals surface area contributed by atoms with Gasteiger partial charge in [0.2, 0.25) is 0 Å². The van der Waals surface area contributed by atoms with Crippen molar-refractivity contribution in [2.24, 2.45) is 11.8 Å². The van der Waals surface area contributed by atoms with Crippen molar-refractivity contribution in [3.8, 4) is 0 Å². The highest BCUT2D eigenvalue weighted by atomic mass is 14.2. The molecule has 3 fully saturated rings. The van der Waals surface area contributed by atoms with E-state index in [0.29, 0.717) is 0 Å². The summed E-state index contributed by atoms with van der Waals surface area (Å²) in [7, 11) is 0. The summed E-state index contributed by atoms with van der Waals surface area (Å²) in [5.74, 6) is 2.13. The van der Waals surface area contributed by atoms with Crippen molar-refractivity contribution < 1.29 is 0 Å². The van der Waals surface area contributed by atoms with Crippen molar-refractivity contribution in [2.45, 2.75) is 154 Å². The fourth-order valence-electron chi connectivity index (χ4n) is 5.59. The second-order valence-electron chi connectivity index (χ2n) is 9.83. The van der Waals surface area contributed by atoms with E-state index in [2.05, 4.69) is 0 Å². The van der Waals surface area contributed by atoms with Gasteiger partial charge in [-0.15, -0.1) is 0 Å². The van der Waals surface area contributed by atoms with Gasteiger partial charge in [0.1, 0.15) is 0 Å². The lowest BCUT2D eigenvalue weighted by molar-refractivity contribution is 0.346. The molecule has 0 amide bonds. The molecule has 0 aromatic carbocycles. The zero-order valence-corrected chi connectivity index (χ0v) is 18.1. The van der Waals surface area contributed by atoms with Crippen LogP contribution in [-0.4, -0.2) is 0 Å². The summed E-state index contributed by atoms with van der Waals surface area (Å²) >= 11 is 0. The number of rotatable bonds is 0. The minimum atomic E-state index is 1.06. The molecule has 0 heterocycles. The van der Waals surface area contributed by atoms with Crippen LogP contribution in [-0.2, 0) is 0 Å². The first kappa shape index (κ1) is 22.3. The fourth-order valence-corrected chi connectivity index (χ4v) is 5.59. The Balaban J connectivity index is 1.87. The van der Waals surface area contributed by atoms with E-state index in [1.165, 1.54) is 116 Å². The van der Waals surface area contributed by atoms with Crippen LogP contribution in [0.4, 0.5) is 0 Å². The summed E-state index contributed by atoms with van der Waals surface area (Å²) in [6.45, 7) is 0. The van der Waals surface area contributed by atoms with Gasteiger partial charge >= 0.3 is 0 Å². The quantitative estimate of drug-likeness (QED) is 0.402. The third-order valence-corrected chi connectivity index (χ3v) is 7.42. The zero-order chi connectivity index (χ0) is 18.1. The Labute approximate surface area is 166 Å². The molecule has 0 heteroatoms. The van der Waals surface area contributed by atoms with E-state index in [9.17, 15) is 0 Å². The first-order valence-corrected chi connectivity index (χ1v) is 12.9. The molecule has 0 aromatic heterocycles. The monoisotopic (exact) mass is 362 g/mol. The van der Waals surface area contributed by atoms with Crippen molar-refractivity contribution in [1.29, 1.82) is 0 Å². The lowest BCUT2D eigenvalue weighted by Crippen LogP contribution is -2.03. The summed E-state index contributed by atoms with van der Waals surface area (Å²) in [6.07, 6.45) is 36.5. The third-order valence-electron chi connectivity index (χ3n) is 7.42. The molecule has 26 heavy (non-hydrogen) atoms. The summed E-state index contributed by atoms with van der Waals surface area (Å²) in [5.41, 5.74) is 0. The second kappa shape index (κ2) is 16.0. The smallest absolute Gasteiger partial charge is 0.0414 e. The molecule has 3 aliphatic rings. The van der Waals surface area contributed by atoms with Gasteiger partial charge in [-0.3, -0.25) is 0 Å². The van der Waals surface area contributed by atoms with Crippen LogP contribution in [0.15, 0.2) is 0 Å². The Kier molecular flexibility index (Phi) is 13.7. The summed E-state index contributed by atoms with van der Waals surface area (Å²) < 4.78 is 0. The Morgan fingerprint density at radius 3 is 0.538 bits per heavy atom.